The molecule has 1 unspecified atom stereocenters. The predicted molar refractivity (Wildman–Crippen MR) is 76.1 cm³/mol. The summed E-state index contributed by atoms with van der Waals surface area (Å²) < 4.78 is 0. The molecule has 2 nitrogen and oxygen atoms in total. The van der Waals surface area contributed by atoms with Crippen LogP contribution in [0.3, 0.4) is 0 Å². The monoisotopic (exact) mass is 254 g/mol. The number of carboxylic acids is 1. The Morgan fingerprint density at radius 1 is 0.947 bits per heavy atom. The number of carboxylic acid groups (broad SMARTS) is 1. The van der Waals surface area contributed by atoms with E-state index in [1.54, 1.807) is 0 Å². The van der Waals surface area contributed by atoms with Gasteiger partial charge in [0.05, 0.1) is 0 Å². The van der Waals surface area contributed by atoms with Gasteiger partial charge in [0.1, 0.15) is 0 Å². The first-order valence-corrected chi connectivity index (χ1v) is 6.50. The van der Waals surface area contributed by atoms with Crippen molar-refractivity contribution in [1.82, 2.24) is 0 Å². The molecule has 0 heterocycles. The van der Waals surface area contributed by atoms with Crippen molar-refractivity contribution in [2.75, 3.05) is 0 Å². The first-order valence-electron chi connectivity index (χ1n) is 6.50. The van der Waals surface area contributed by atoms with Crippen molar-refractivity contribution in [3.8, 4) is 0 Å². The summed E-state index contributed by atoms with van der Waals surface area (Å²) in [5.41, 5.74) is 2.34. The van der Waals surface area contributed by atoms with E-state index in [4.69, 9.17) is 5.11 Å². The van der Waals surface area contributed by atoms with Gasteiger partial charge < -0.3 is 5.11 Å². The molecule has 0 aliphatic rings. The molecule has 2 heteroatoms. The van der Waals surface area contributed by atoms with Gasteiger partial charge in [0.25, 0.3) is 0 Å². The second-order valence-electron chi connectivity index (χ2n) is 4.87. The average molecular weight is 254 g/mol. The van der Waals surface area contributed by atoms with Crippen LogP contribution in [0.5, 0.6) is 0 Å². The van der Waals surface area contributed by atoms with Crippen molar-refractivity contribution in [1.29, 1.82) is 0 Å². The highest BCUT2D eigenvalue weighted by Gasteiger charge is 2.23. The Morgan fingerprint density at radius 3 is 1.74 bits per heavy atom. The Morgan fingerprint density at radius 2 is 1.37 bits per heavy atom. The molecule has 2 rings (SSSR count). The molecule has 1 atom stereocenters. The van der Waals surface area contributed by atoms with Crippen molar-refractivity contribution in [2.24, 2.45) is 5.92 Å². The summed E-state index contributed by atoms with van der Waals surface area (Å²) in [6.07, 6.45) is 0.175. The molecule has 0 spiro atoms. The zero-order chi connectivity index (χ0) is 13.7. The van der Waals surface area contributed by atoms with E-state index in [1.807, 2.05) is 43.3 Å². The van der Waals surface area contributed by atoms with Gasteiger partial charge in [0, 0.05) is 12.3 Å². The van der Waals surface area contributed by atoms with Crippen LogP contribution in [0.25, 0.3) is 0 Å². The Bertz CT molecular complexity index is 480. The number of hydrogen-bond acceptors (Lipinski definition) is 1. The van der Waals surface area contributed by atoms with Gasteiger partial charge in [-0.05, 0) is 17.0 Å². The third-order valence-electron chi connectivity index (χ3n) is 3.38. The summed E-state index contributed by atoms with van der Waals surface area (Å²) in [5.74, 6) is -0.565. The molecule has 0 bridgehead atoms. The van der Waals surface area contributed by atoms with Gasteiger partial charge in [0.2, 0.25) is 0 Å². The molecule has 1 N–H and O–H groups in total. The number of aliphatic carboxylic acids is 1. The maximum absolute atomic E-state index is 11.0. The first-order chi connectivity index (χ1) is 9.18. The topological polar surface area (TPSA) is 37.3 Å². The molecule has 0 saturated heterocycles. The van der Waals surface area contributed by atoms with E-state index < -0.39 is 5.97 Å². The van der Waals surface area contributed by atoms with E-state index in [0.717, 1.165) is 0 Å². The second kappa shape index (κ2) is 6.19. The summed E-state index contributed by atoms with van der Waals surface area (Å²) in [6.45, 7) is 2.00. The summed E-state index contributed by atoms with van der Waals surface area (Å²) in [7, 11) is 0. The molecule has 0 aromatic heterocycles. The molecule has 0 aliphatic heterocycles. The largest absolute Gasteiger partial charge is 0.481 e. The van der Waals surface area contributed by atoms with Crippen LogP contribution in [-0.4, -0.2) is 11.1 Å². The van der Waals surface area contributed by atoms with E-state index in [2.05, 4.69) is 24.3 Å². The average Bonchev–Trinajstić information content (AvgIpc) is 2.40. The summed E-state index contributed by atoms with van der Waals surface area (Å²) in [5, 5.41) is 9.03. The first kappa shape index (κ1) is 13.3. The lowest BCUT2D eigenvalue weighted by Crippen LogP contribution is -2.15. The summed E-state index contributed by atoms with van der Waals surface area (Å²) in [6, 6.07) is 20.2. The fourth-order valence-corrected chi connectivity index (χ4v) is 2.56. The van der Waals surface area contributed by atoms with E-state index in [1.165, 1.54) is 11.1 Å². The maximum atomic E-state index is 11.0. The molecule has 0 amide bonds. The molecule has 98 valence electrons. The van der Waals surface area contributed by atoms with Gasteiger partial charge in [-0.3, -0.25) is 4.79 Å². The zero-order valence-corrected chi connectivity index (χ0v) is 11.0. The van der Waals surface area contributed by atoms with Crippen LogP contribution in [0.2, 0.25) is 0 Å². The highest BCUT2D eigenvalue weighted by Crippen LogP contribution is 2.33. The van der Waals surface area contributed by atoms with Crippen LogP contribution >= 0.6 is 0 Å². The van der Waals surface area contributed by atoms with E-state index in [0.29, 0.717) is 0 Å². The SMILES string of the molecule is CC(CC(=O)O)C(c1ccccc1)c1ccccc1. The number of hydrogen-bond donors (Lipinski definition) is 1. The van der Waals surface area contributed by atoms with Crippen LogP contribution in [0.1, 0.15) is 30.4 Å². The minimum Gasteiger partial charge on any atom is -0.481 e. The predicted octanol–water partition coefficient (Wildman–Crippen LogP) is 3.93. The molecule has 2 aromatic rings. The van der Waals surface area contributed by atoms with Gasteiger partial charge >= 0.3 is 5.97 Å². The Balaban J connectivity index is 2.37. The molecule has 2 aromatic carbocycles. The molecular weight excluding hydrogens is 236 g/mol. The zero-order valence-electron chi connectivity index (χ0n) is 11.0. The Kier molecular flexibility index (Phi) is 4.35. The highest BCUT2D eigenvalue weighted by atomic mass is 16.4. The maximum Gasteiger partial charge on any atom is 0.303 e. The fourth-order valence-electron chi connectivity index (χ4n) is 2.56. The second-order valence-corrected chi connectivity index (χ2v) is 4.87. The van der Waals surface area contributed by atoms with E-state index in [-0.39, 0.29) is 18.3 Å². The van der Waals surface area contributed by atoms with Gasteiger partial charge in [-0.25, -0.2) is 0 Å². The van der Waals surface area contributed by atoms with Crippen LogP contribution in [0.4, 0.5) is 0 Å². The summed E-state index contributed by atoms with van der Waals surface area (Å²) >= 11 is 0. The minimum atomic E-state index is -0.746. The lowest BCUT2D eigenvalue weighted by atomic mass is 9.80. The van der Waals surface area contributed by atoms with Crippen molar-refractivity contribution >= 4 is 5.97 Å². The molecule has 0 aliphatic carbocycles. The Hall–Kier alpha value is -2.09. The van der Waals surface area contributed by atoms with Crippen molar-refractivity contribution in [3.05, 3.63) is 71.8 Å². The lowest BCUT2D eigenvalue weighted by molar-refractivity contribution is -0.138. The fraction of sp³-hybridized carbons (Fsp3) is 0.235. The van der Waals surface area contributed by atoms with Crippen LogP contribution in [0.15, 0.2) is 60.7 Å². The van der Waals surface area contributed by atoms with Gasteiger partial charge in [-0.1, -0.05) is 67.6 Å². The Labute approximate surface area is 113 Å². The third kappa shape index (κ3) is 3.44. The molecule has 19 heavy (non-hydrogen) atoms. The van der Waals surface area contributed by atoms with Crippen molar-refractivity contribution in [2.45, 2.75) is 19.3 Å². The standard InChI is InChI=1S/C17H18O2/c1-13(12-16(18)19)17(14-8-4-2-5-9-14)15-10-6-3-7-11-15/h2-11,13,17H,12H2,1H3,(H,18,19). The minimum absolute atomic E-state index is 0.0577. The number of carbonyl (C=O) groups is 1. The van der Waals surface area contributed by atoms with Gasteiger partial charge in [-0.15, -0.1) is 0 Å². The van der Waals surface area contributed by atoms with E-state index in [9.17, 15) is 4.79 Å². The molecular formula is C17H18O2. The molecule has 0 radical (unpaired) electrons. The quantitative estimate of drug-likeness (QED) is 0.877. The van der Waals surface area contributed by atoms with Crippen molar-refractivity contribution < 1.29 is 9.90 Å². The molecule has 0 saturated carbocycles. The summed E-state index contributed by atoms with van der Waals surface area (Å²) in [4.78, 5) is 11.0. The van der Waals surface area contributed by atoms with Crippen molar-refractivity contribution in [3.63, 3.8) is 0 Å². The van der Waals surface area contributed by atoms with E-state index >= 15 is 0 Å². The molecule has 0 fully saturated rings. The van der Waals surface area contributed by atoms with Crippen LogP contribution in [0, 0.1) is 5.92 Å². The van der Waals surface area contributed by atoms with Gasteiger partial charge in [-0.2, -0.15) is 0 Å². The van der Waals surface area contributed by atoms with Crippen LogP contribution in [-0.2, 0) is 4.79 Å². The smallest absolute Gasteiger partial charge is 0.303 e. The number of rotatable bonds is 5. The van der Waals surface area contributed by atoms with Crippen LogP contribution < -0.4 is 0 Å². The van der Waals surface area contributed by atoms with Gasteiger partial charge in [0.15, 0.2) is 0 Å². The normalized spacial score (nSPS) is 12.3. The number of benzene rings is 2. The lowest BCUT2D eigenvalue weighted by Gasteiger charge is -2.24. The third-order valence-corrected chi connectivity index (χ3v) is 3.38. The highest BCUT2D eigenvalue weighted by molar-refractivity contribution is 5.67.